The molecule has 1 amide bonds. The van der Waals surface area contributed by atoms with Gasteiger partial charge in [-0.05, 0) is 24.3 Å². The van der Waals surface area contributed by atoms with Crippen molar-refractivity contribution in [3.63, 3.8) is 0 Å². The van der Waals surface area contributed by atoms with Gasteiger partial charge in [-0.15, -0.1) is 0 Å². The van der Waals surface area contributed by atoms with E-state index in [0.29, 0.717) is 0 Å². The summed E-state index contributed by atoms with van der Waals surface area (Å²) in [5.74, 6) is -0.882. The smallest absolute Gasteiger partial charge is 0.271 e. The van der Waals surface area contributed by atoms with Crippen LogP contribution in [0.4, 0.5) is 18.9 Å². The number of hydrogen-bond acceptors (Lipinski definition) is 4. The van der Waals surface area contributed by atoms with E-state index < -0.39 is 34.2 Å². The molecule has 2 aromatic rings. The first-order chi connectivity index (χ1) is 13.4. The summed E-state index contributed by atoms with van der Waals surface area (Å²) in [6, 6.07) is 8.63. The molecule has 1 N–H and O–H groups in total. The van der Waals surface area contributed by atoms with E-state index in [4.69, 9.17) is 23.2 Å². The summed E-state index contributed by atoms with van der Waals surface area (Å²) in [4.78, 5) is 12.1. The molecule has 0 fully saturated rings. The average Bonchev–Trinajstić information content (AvgIpc) is 2.57. The normalized spacial score (nSPS) is 12.2. The van der Waals surface area contributed by atoms with E-state index in [1.165, 1.54) is 36.4 Å². The molecule has 6 nitrogen and oxygen atoms in total. The van der Waals surface area contributed by atoms with Crippen LogP contribution >= 0.6 is 23.2 Å². The highest BCUT2D eigenvalue weighted by atomic mass is 35.5. The fourth-order valence-electron chi connectivity index (χ4n) is 2.29. The van der Waals surface area contributed by atoms with Crippen molar-refractivity contribution in [3.05, 3.63) is 63.6 Å². The molecule has 0 saturated heterocycles. The number of nitrogens with zero attached hydrogens (tertiary/aromatic N) is 2. The van der Waals surface area contributed by atoms with Crippen LogP contribution in [0.5, 0.6) is 0 Å². The summed E-state index contributed by atoms with van der Waals surface area (Å²) in [7, 11) is -3.90. The molecule has 0 aliphatic carbocycles. The van der Waals surface area contributed by atoms with Crippen LogP contribution in [0.1, 0.15) is 11.1 Å². The van der Waals surface area contributed by atoms with Gasteiger partial charge in [0.2, 0.25) is 10.0 Å². The Hall–Kier alpha value is -2.30. The number of amides is 1. The van der Waals surface area contributed by atoms with Gasteiger partial charge in [-0.3, -0.25) is 9.10 Å². The van der Waals surface area contributed by atoms with Gasteiger partial charge in [0.15, 0.2) is 0 Å². The van der Waals surface area contributed by atoms with E-state index in [0.717, 1.165) is 22.8 Å². The lowest BCUT2D eigenvalue weighted by molar-refractivity contribution is -0.137. The Morgan fingerprint density at radius 3 is 2.31 bits per heavy atom. The fraction of sp³-hybridized carbons (Fsp3) is 0.176. The molecule has 0 radical (unpaired) electrons. The first-order valence-corrected chi connectivity index (χ1v) is 10.4. The Morgan fingerprint density at radius 1 is 1.17 bits per heavy atom. The van der Waals surface area contributed by atoms with Crippen molar-refractivity contribution in [2.45, 2.75) is 6.18 Å². The Balaban J connectivity index is 2.17. The monoisotopic (exact) mass is 467 g/mol. The zero-order valence-electron chi connectivity index (χ0n) is 14.7. The average molecular weight is 468 g/mol. The number of benzene rings is 2. The number of rotatable bonds is 6. The maximum atomic E-state index is 12.9. The summed E-state index contributed by atoms with van der Waals surface area (Å²) in [5.41, 5.74) is 0.861. The van der Waals surface area contributed by atoms with Crippen LogP contribution in [0.25, 0.3) is 0 Å². The van der Waals surface area contributed by atoms with Crippen molar-refractivity contribution in [2.75, 3.05) is 17.1 Å². The van der Waals surface area contributed by atoms with Crippen molar-refractivity contribution < 1.29 is 26.4 Å². The van der Waals surface area contributed by atoms with Crippen LogP contribution in [0.15, 0.2) is 47.6 Å². The van der Waals surface area contributed by atoms with E-state index in [1.807, 2.05) is 5.43 Å². The summed E-state index contributed by atoms with van der Waals surface area (Å²) in [6.45, 7) is -0.687. The molecule has 0 spiro atoms. The molecule has 0 heterocycles. The number of hydrogen-bond donors (Lipinski definition) is 1. The molecule has 0 aromatic heterocycles. The van der Waals surface area contributed by atoms with E-state index in [9.17, 15) is 26.4 Å². The van der Waals surface area contributed by atoms with Crippen LogP contribution in [0.3, 0.4) is 0 Å². The van der Waals surface area contributed by atoms with Crippen molar-refractivity contribution in [1.29, 1.82) is 0 Å². The van der Waals surface area contributed by atoms with Gasteiger partial charge in [0.25, 0.3) is 5.91 Å². The summed E-state index contributed by atoms with van der Waals surface area (Å²) in [5, 5.41) is 3.79. The molecular formula is C17H14Cl2F3N3O3S. The Bertz CT molecular complexity index is 1020. The third-order valence-electron chi connectivity index (χ3n) is 3.48. The quantitative estimate of drug-likeness (QED) is 0.516. The highest BCUT2D eigenvalue weighted by Crippen LogP contribution is 2.31. The molecule has 156 valence electrons. The van der Waals surface area contributed by atoms with Crippen LogP contribution in [-0.4, -0.2) is 33.3 Å². The predicted molar refractivity (Wildman–Crippen MR) is 106 cm³/mol. The number of carbonyl (C=O) groups excluding carboxylic acids is 1. The summed E-state index contributed by atoms with van der Waals surface area (Å²) in [6.07, 6.45) is -2.90. The van der Waals surface area contributed by atoms with Crippen molar-refractivity contribution >= 4 is 51.0 Å². The second kappa shape index (κ2) is 9.02. The van der Waals surface area contributed by atoms with Crippen LogP contribution in [-0.2, 0) is 21.0 Å². The van der Waals surface area contributed by atoms with Crippen molar-refractivity contribution in [1.82, 2.24) is 5.43 Å². The van der Waals surface area contributed by atoms with Gasteiger partial charge in [-0.2, -0.15) is 18.3 Å². The molecule has 0 unspecified atom stereocenters. The van der Waals surface area contributed by atoms with E-state index >= 15 is 0 Å². The molecule has 0 aliphatic rings. The molecule has 0 saturated carbocycles. The minimum Gasteiger partial charge on any atom is -0.271 e. The molecule has 29 heavy (non-hydrogen) atoms. The lowest BCUT2D eigenvalue weighted by Gasteiger charge is -2.21. The molecule has 12 heteroatoms. The van der Waals surface area contributed by atoms with Gasteiger partial charge < -0.3 is 0 Å². The minimum absolute atomic E-state index is 0.0477. The number of carbonyl (C=O) groups is 1. The number of alkyl halides is 3. The number of sulfonamides is 1. The van der Waals surface area contributed by atoms with Gasteiger partial charge in [0.05, 0.1) is 23.7 Å². The summed E-state index contributed by atoms with van der Waals surface area (Å²) >= 11 is 11.7. The highest BCUT2D eigenvalue weighted by molar-refractivity contribution is 7.92. The van der Waals surface area contributed by atoms with E-state index in [1.54, 1.807) is 0 Å². The lowest BCUT2D eigenvalue weighted by Crippen LogP contribution is -2.39. The Labute approximate surface area is 175 Å². The third kappa shape index (κ3) is 6.62. The second-order valence-electron chi connectivity index (χ2n) is 5.78. The predicted octanol–water partition coefficient (Wildman–Crippen LogP) is 3.93. The maximum Gasteiger partial charge on any atom is 0.417 e. The molecule has 0 aliphatic heterocycles. The topological polar surface area (TPSA) is 78.8 Å². The van der Waals surface area contributed by atoms with Gasteiger partial charge in [-0.25, -0.2) is 13.8 Å². The van der Waals surface area contributed by atoms with Gasteiger partial charge in [-0.1, -0.05) is 41.4 Å². The molecular weight excluding hydrogens is 454 g/mol. The lowest BCUT2D eigenvalue weighted by atomic mass is 10.1. The second-order valence-corrected chi connectivity index (χ2v) is 8.56. The van der Waals surface area contributed by atoms with Gasteiger partial charge >= 0.3 is 6.18 Å². The van der Waals surface area contributed by atoms with E-state index in [2.05, 4.69) is 5.10 Å². The summed E-state index contributed by atoms with van der Waals surface area (Å²) < 4.78 is 63.6. The fourth-order valence-corrected chi connectivity index (χ4v) is 3.65. The molecule has 0 bridgehead atoms. The molecule has 2 aromatic carbocycles. The number of halogens is 5. The number of hydrazone groups is 1. The largest absolute Gasteiger partial charge is 0.417 e. The van der Waals surface area contributed by atoms with Gasteiger partial charge in [0.1, 0.15) is 6.54 Å². The van der Waals surface area contributed by atoms with Gasteiger partial charge in [0, 0.05) is 15.6 Å². The first kappa shape index (κ1) is 23.0. The third-order valence-corrected chi connectivity index (χ3v) is 5.06. The van der Waals surface area contributed by atoms with Crippen LogP contribution < -0.4 is 9.73 Å². The van der Waals surface area contributed by atoms with E-state index in [-0.39, 0.29) is 21.3 Å². The molecule has 2 rings (SSSR count). The first-order valence-electron chi connectivity index (χ1n) is 7.80. The van der Waals surface area contributed by atoms with Crippen molar-refractivity contribution in [3.8, 4) is 0 Å². The van der Waals surface area contributed by atoms with Crippen molar-refractivity contribution in [2.24, 2.45) is 5.10 Å². The maximum absolute atomic E-state index is 12.9. The van der Waals surface area contributed by atoms with Crippen LogP contribution in [0.2, 0.25) is 10.0 Å². The SMILES string of the molecule is CS(=O)(=O)N(CC(=O)N/N=C/c1ccccc1C(F)(F)F)c1cc(Cl)cc(Cl)c1. The minimum atomic E-state index is -4.59. The number of anilines is 1. The Morgan fingerprint density at radius 2 is 1.76 bits per heavy atom. The number of nitrogens with one attached hydrogen (secondary N) is 1. The molecule has 0 atom stereocenters. The zero-order chi connectivity index (χ0) is 21.8. The van der Waals surface area contributed by atoms with Crippen LogP contribution in [0, 0.1) is 0 Å². The standard InChI is InChI=1S/C17H14Cl2F3N3O3S/c1-29(27,28)25(14-7-12(18)6-13(19)8-14)10-16(26)24-23-9-11-4-2-3-5-15(11)17(20,21)22/h2-9H,10H2,1H3,(H,24,26)/b23-9+. The highest BCUT2D eigenvalue weighted by Gasteiger charge is 2.32. The Kier molecular flexibility index (Phi) is 7.15. The zero-order valence-corrected chi connectivity index (χ0v) is 17.1.